The predicted molar refractivity (Wildman–Crippen MR) is 139 cm³/mol. The fourth-order valence-electron chi connectivity index (χ4n) is 4.10. The Morgan fingerprint density at radius 2 is 1.37 bits per heavy atom. The number of quaternary nitrogens is 1. The van der Waals surface area contributed by atoms with Crippen molar-refractivity contribution in [2.24, 2.45) is 0 Å². The van der Waals surface area contributed by atoms with Crippen molar-refractivity contribution in [2.75, 3.05) is 0 Å². The number of rotatable bonds is 7. The Morgan fingerprint density at radius 3 is 1.91 bits per heavy atom. The van der Waals surface area contributed by atoms with E-state index in [1.54, 1.807) is 48.7 Å². The monoisotopic (exact) mass is 460 g/mol. The van der Waals surface area contributed by atoms with Crippen LogP contribution in [-0.2, 0) is 0 Å². The van der Waals surface area contributed by atoms with Crippen molar-refractivity contribution in [1.29, 1.82) is 0 Å². The Bertz CT molecular complexity index is 1390. The Hall–Kier alpha value is -4.45. The molecule has 1 aromatic heterocycles. The summed E-state index contributed by atoms with van der Waals surface area (Å²) in [4.78, 5) is 15.4. The maximum atomic E-state index is 14.4. The van der Waals surface area contributed by atoms with Gasteiger partial charge in [-0.2, -0.15) is 0 Å². The maximum Gasteiger partial charge on any atom is 0.209 e. The number of carbonyl (C=O) groups is 1. The van der Waals surface area contributed by atoms with Crippen molar-refractivity contribution < 1.29 is 9.53 Å². The summed E-state index contributed by atoms with van der Waals surface area (Å²) < 4.78 is 5.38. The number of para-hydroxylation sites is 2. The molecule has 1 heterocycles. The van der Waals surface area contributed by atoms with Crippen LogP contribution in [-0.4, -0.2) is 10.8 Å². The highest BCUT2D eigenvalue weighted by Crippen LogP contribution is 2.44. The lowest BCUT2D eigenvalue weighted by Crippen LogP contribution is -2.31. The quantitative estimate of drug-likeness (QED) is 0.153. The number of aromatic amines is 1. The molecule has 0 radical (unpaired) electrons. The van der Waals surface area contributed by atoms with Crippen LogP contribution in [0.2, 0.25) is 0 Å². The van der Waals surface area contributed by atoms with Gasteiger partial charge in [0.2, 0.25) is 5.78 Å². The van der Waals surface area contributed by atoms with Crippen LogP contribution in [0.15, 0.2) is 121 Å². The van der Waals surface area contributed by atoms with Gasteiger partial charge >= 0.3 is 0 Å². The number of nitrogens with zero attached hydrogens (tertiary/aromatic N) is 1. The van der Waals surface area contributed by atoms with Gasteiger partial charge in [-0.1, -0.05) is 36.4 Å². The molecular formula is C30H24N2O3. The van der Waals surface area contributed by atoms with E-state index in [9.17, 15) is 10.0 Å². The van der Waals surface area contributed by atoms with Gasteiger partial charge in [-0.3, -0.25) is 9.44 Å². The lowest BCUT2D eigenvalue weighted by Gasteiger charge is -2.41. The molecule has 5 rings (SSSR count). The van der Waals surface area contributed by atoms with Crippen LogP contribution in [0.4, 0.5) is 17.1 Å². The summed E-state index contributed by atoms with van der Waals surface area (Å²) in [6, 6.07) is 34.7. The van der Waals surface area contributed by atoms with Gasteiger partial charge in [0, 0.05) is 48.2 Å². The summed E-state index contributed by atoms with van der Waals surface area (Å²) in [6.07, 6.45) is 1.72. The molecule has 0 spiro atoms. The molecule has 0 bridgehead atoms. The minimum absolute atomic E-state index is 0.0755. The van der Waals surface area contributed by atoms with Crippen LogP contribution in [0.1, 0.15) is 21.6 Å². The van der Waals surface area contributed by atoms with E-state index in [1.165, 1.54) is 0 Å². The first-order chi connectivity index (χ1) is 17.1. The fraction of sp³-hybridized carbons (Fsp3) is 0.0333. The van der Waals surface area contributed by atoms with Gasteiger partial charge in [0.15, 0.2) is 0 Å². The standard InChI is InChI=1S/C30H24N2O3/c1-22-21-26(32(34,24-9-4-2-5-10-24)25-11-6-3-7-12-25)16-19-29(22)35-27-17-14-23(15-18-27)30(33)28-13-8-20-31-28/h2-21,31H,1H3. The predicted octanol–water partition coefficient (Wildman–Crippen LogP) is 7.81. The SMILES string of the molecule is Cc1cc([N+]([O-])(c2ccccc2)c2ccccc2)ccc1Oc1ccc(C(=O)c2ccc[nH]2)cc1. The number of nitrogens with one attached hydrogen (secondary N) is 1. The van der Waals surface area contributed by atoms with Crippen LogP contribution in [0.3, 0.4) is 0 Å². The third kappa shape index (κ3) is 4.38. The number of aromatic nitrogens is 1. The molecule has 0 amide bonds. The molecule has 0 fully saturated rings. The normalized spacial score (nSPS) is 11.3. The summed E-state index contributed by atoms with van der Waals surface area (Å²) in [5, 5.41) is 14.4. The molecule has 0 aliphatic carbocycles. The van der Waals surface area contributed by atoms with Crippen molar-refractivity contribution in [2.45, 2.75) is 6.92 Å². The number of carbonyl (C=O) groups excluding carboxylic acids is 1. The summed E-state index contributed by atoms with van der Waals surface area (Å²) in [7, 11) is 0. The molecular weight excluding hydrogens is 436 g/mol. The smallest absolute Gasteiger partial charge is 0.209 e. The molecule has 4 aromatic carbocycles. The minimum Gasteiger partial charge on any atom is -0.616 e. The van der Waals surface area contributed by atoms with Crippen LogP contribution in [0.5, 0.6) is 11.5 Å². The molecule has 172 valence electrons. The second kappa shape index (κ2) is 9.43. The topological polar surface area (TPSA) is 65.2 Å². The summed E-state index contributed by atoms with van der Waals surface area (Å²) >= 11 is 0. The van der Waals surface area contributed by atoms with Crippen molar-refractivity contribution >= 4 is 22.8 Å². The van der Waals surface area contributed by atoms with E-state index in [-0.39, 0.29) is 5.78 Å². The van der Waals surface area contributed by atoms with E-state index in [0.717, 1.165) is 5.56 Å². The number of benzene rings is 4. The first-order valence-corrected chi connectivity index (χ1v) is 11.3. The summed E-state index contributed by atoms with van der Waals surface area (Å²) in [5.41, 5.74) is 3.77. The Balaban J connectivity index is 1.43. The maximum absolute atomic E-state index is 14.4. The molecule has 5 heteroatoms. The number of hydrogen-bond acceptors (Lipinski definition) is 3. The molecule has 0 unspecified atom stereocenters. The number of ketones is 1. The highest BCUT2D eigenvalue weighted by molar-refractivity contribution is 6.07. The Morgan fingerprint density at radius 1 is 0.743 bits per heavy atom. The van der Waals surface area contributed by atoms with E-state index < -0.39 is 4.65 Å². The first-order valence-electron chi connectivity index (χ1n) is 11.3. The van der Waals surface area contributed by atoms with Gasteiger partial charge in [-0.05, 0) is 55.0 Å². The van der Waals surface area contributed by atoms with Gasteiger partial charge in [-0.15, -0.1) is 0 Å². The molecule has 5 nitrogen and oxygen atoms in total. The van der Waals surface area contributed by atoms with Crippen molar-refractivity contribution in [3.05, 3.63) is 143 Å². The zero-order valence-electron chi connectivity index (χ0n) is 19.2. The second-order valence-electron chi connectivity index (χ2n) is 8.27. The van der Waals surface area contributed by atoms with E-state index in [2.05, 4.69) is 4.98 Å². The Kier molecular flexibility index (Phi) is 6.02. The van der Waals surface area contributed by atoms with E-state index in [0.29, 0.717) is 39.8 Å². The van der Waals surface area contributed by atoms with Crippen LogP contribution in [0.25, 0.3) is 0 Å². The minimum atomic E-state index is -0.710. The first kappa shape index (κ1) is 22.3. The van der Waals surface area contributed by atoms with Crippen LogP contribution >= 0.6 is 0 Å². The van der Waals surface area contributed by atoms with Crippen molar-refractivity contribution in [3.8, 4) is 11.5 Å². The molecule has 0 saturated heterocycles. The highest BCUT2D eigenvalue weighted by Gasteiger charge is 2.27. The largest absolute Gasteiger partial charge is 0.616 e. The van der Waals surface area contributed by atoms with Gasteiger partial charge < -0.3 is 14.9 Å². The van der Waals surface area contributed by atoms with Gasteiger partial charge in [0.1, 0.15) is 28.6 Å². The number of hydrogen-bond donors (Lipinski definition) is 1. The molecule has 0 saturated carbocycles. The third-order valence-corrected chi connectivity index (χ3v) is 5.95. The van der Waals surface area contributed by atoms with E-state index in [4.69, 9.17) is 4.74 Å². The van der Waals surface area contributed by atoms with Crippen LogP contribution in [0, 0.1) is 12.1 Å². The fourth-order valence-corrected chi connectivity index (χ4v) is 4.10. The molecule has 0 aliphatic rings. The molecule has 5 aromatic rings. The molecule has 0 atom stereocenters. The average Bonchev–Trinajstić information content (AvgIpc) is 3.46. The Labute approximate surface area is 204 Å². The lowest BCUT2D eigenvalue weighted by atomic mass is 10.1. The van der Waals surface area contributed by atoms with E-state index >= 15 is 0 Å². The zero-order valence-corrected chi connectivity index (χ0v) is 19.2. The summed E-state index contributed by atoms with van der Waals surface area (Å²) in [5.74, 6) is 1.18. The number of aryl methyl sites for hydroxylation is 1. The summed E-state index contributed by atoms with van der Waals surface area (Å²) in [6.45, 7) is 1.92. The lowest BCUT2D eigenvalue weighted by molar-refractivity contribution is 0.103. The van der Waals surface area contributed by atoms with Gasteiger partial charge in [0.05, 0.1) is 5.69 Å². The number of ether oxygens (including phenoxy) is 1. The second-order valence-corrected chi connectivity index (χ2v) is 8.27. The molecule has 0 aliphatic heterocycles. The highest BCUT2D eigenvalue weighted by atomic mass is 16.5. The van der Waals surface area contributed by atoms with Gasteiger partial charge in [-0.25, -0.2) is 0 Å². The number of H-pyrrole nitrogens is 1. The van der Waals surface area contributed by atoms with Gasteiger partial charge in [0.25, 0.3) is 0 Å². The van der Waals surface area contributed by atoms with Crippen LogP contribution < -0.4 is 9.38 Å². The van der Waals surface area contributed by atoms with Crippen molar-refractivity contribution in [3.63, 3.8) is 0 Å². The zero-order chi connectivity index (χ0) is 24.3. The van der Waals surface area contributed by atoms with E-state index in [1.807, 2.05) is 79.7 Å². The third-order valence-electron chi connectivity index (χ3n) is 5.95. The average molecular weight is 461 g/mol. The molecule has 35 heavy (non-hydrogen) atoms. The molecule has 1 N–H and O–H groups in total. The van der Waals surface area contributed by atoms with Crippen molar-refractivity contribution in [1.82, 2.24) is 9.63 Å².